The standard InChI is InChI=1S/C55H65BN2/c1-50(2,3)32-18-22-37(23-19-32)58-49-46(40-27-33(51(4,5)6)20-24-42(40)55(49,16)17)41-29-36(54(13,14)15)31-45-47(41)56(58)43-30-35(53(10,11)12)28-39-38-26-34(52(7,8)9)21-25-44(38)57(45)48(39)43/h18-31H,1-17H3. The summed E-state index contributed by atoms with van der Waals surface area (Å²) in [5, 5.41) is 2.72. The van der Waals surface area contributed by atoms with Gasteiger partial charge in [-0.1, -0.05) is 166 Å². The van der Waals surface area contributed by atoms with Crippen molar-refractivity contribution in [2.24, 2.45) is 0 Å². The Morgan fingerprint density at radius 3 is 1.57 bits per heavy atom. The highest BCUT2D eigenvalue weighted by Crippen LogP contribution is 2.55. The molecule has 58 heavy (non-hydrogen) atoms. The van der Waals surface area contributed by atoms with Gasteiger partial charge in [-0.25, -0.2) is 0 Å². The van der Waals surface area contributed by atoms with E-state index in [1.807, 2.05) is 0 Å². The lowest BCUT2D eigenvalue weighted by Gasteiger charge is -2.46. The van der Waals surface area contributed by atoms with E-state index >= 15 is 0 Å². The fourth-order valence-electron chi connectivity index (χ4n) is 10.3. The Balaban J connectivity index is 1.50. The van der Waals surface area contributed by atoms with E-state index in [9.17, 15) is 0 Å². The lowest BCUT2D eigenvalue weighted by molar-refractivity contribution is 0.587. The Bertz CT molecular complexity index is 2750. The van der Waals surface area contributed by atoms with Gasteiger partial charge in [0.15, 0.2) is 0 Å². The molecule has 0 radical (unpaired) electrons. The highest BCUT2D eigenvalue weighted by Gasteiger charge is 2.52. The molecule has 9 rings (SSSR count). The minimum atomic E-state index is -0.244. The molecule has 3 aliphatic rings. The smallest absolute Gasteiger partial charge is 0.332 e. The van der Waals surface area contributed by atoms with Gasteiger partial charge in [-0.05, 0) is 119 Å². The number of hydrogen-bond donors (Lipinski definition) is 0. The molecule has 0 amide bonds. The highest BCUT2D eigenvalue weighted by atomic mass is 15.1. The number of aromatic nitrogens is 1. The van der Waals surface area contributed by atoms with Crippen molar-refractivity contribution in [3.05, 3.63) is 135 Å². The molecule has 0 saturated carbocycles. The first-order chi connectivity index (χ1) is 26.7. The molecule has 5 aromatic carbocycles. The molecule has 0 spiro atoms. The number of benzene rings is 5. The molecule has 3 heteroatoms. The number of allylic oxidation sites excluding steroid dienone is 1. The van der Waals surface area contributed by atoms with E-state index in [0.717, 1.165) is 0 Å². The Morgan fingerprint density at radius 1 is 0.483 bits per heavy atom. The van der Waals surface area contributed by atoms with Crippen LogP contribution >= 0.6 is 0 Å². The molecule has 2 aliphatic heterocycles. The zero-order valence-corrected chi connectivity index (χ0v) is 38.6. The summed E-state index contributed by atoms with van der Waals surface area (Å²) >= 11 is 0. The third-order valence-corrected chi connectivity index (χ3v) is 13.9. The zero-order chi connectivity index (χ0) is 42.0. The molecular formula is C55H65BN2. The van der Waals surface area contributed by atoms with Crippen LogP contribution in [0.4, 0.5) is 5.69 Å². The highest BCUT2D eigenvalue weighted by molar-refractivity contribution is 6.92. The minimum Gasteiger partial charge on any atom is -0.379 e. The van der Waals surface area contributed by atoms with E-state index in [0.29, 0.717) is 0 Å². The molecule has 0 fully saturated rings. The van der Waals surface area contributed by atoms with Crippen molar-refractivity contribution in [1.82, 2.24) is 4.57 Å². The summed E-state index contributed by atoms with van der Waals surface area (Å²) in [4.78, 5) is 2.80. The van der Waals surface area contributed by atoms with E-state index in [4.69, 9.17) is 0 Å². The molecule has 0 saturated heterocycles. The number of nitrogens with zero attached hydrogens (tertiary/aromatic N) is 2. The quantitative estimate of drug-likeness (QED) is 0.151. The number of fused-ring (bicyclic) bond motifs is 8. The van der Waals surface area contributed by atoms with Crippen molar-refractivity contribution in [3.63, 3.8) is 0 Å². The van der Waals surface area contributed by atoms with E-state index < -0.39 is 0 Å². The van der Waals surface area contributed by atoms with Crippen LogP contribution < -0.4 is 15.7 Å². The van der Waals surface area contributed by atoms with E-state index in [1.54, 1.807) is 0 Å². The van der Waals surface area contributed by atoms with Gasteiger partial charge >= 0.3 is 6.85 Å². The second kappa shape index (κ2) is 11.8. The Hall–Kier alpha value is -4.50. The third-order valence-electron chi connectivity index (χ3n) is 13.9. The Kier molecular flexibility index (Phi) is 7.95. The summed E-state index contributed by atoms with van der Waals surface area (Å²) in [6.07, 6.45) is 0. The van der Waals surface area contributed by atoms with Gasteiger partial charge in [-0.2, -0.15) is 0 Å². The molecule has 2 nitrogen and oxygen atoms in total. The number of anilines is 1. The first-order valence-electron chi connectivity index (χ1n) is 21.8. The zero-order valence-electron chi connectivity index (χ0n) is 38.6. The lowest BCUT2D eigenvalue weighted by atomic mass is 9.43. The van der Waals surface area contributed by atoms with Crippen molar-refractivity contribution in [2.75, 3.05) is 4.81 Å². The van der Waals surface area contributed by atoms with Crippen LogP contribution in [0.1, 0.15) is 162 Å². The van der Waals surface area contributed by atoms with Crippen LogP contribution in [-0.4, -0.2) is 11.4 Å². The van der Waals surface area contributed by atoms with Gasteiger partial charge in [-0.3, -0.25) is 0 Å². The SMILES string of the molecule is CC(C)(C)c1ccc(N2B3c4c(cc(C(C)(C)C)cc4-n4c5ccc(C(C)(C)C)cc5c5cc(C(C)(C)C)cc3c54)C3=C2C(C)(C)c2ccc(C(C)(C)C)cc23)cc1. The molecule has 1 aromatic heterocycles. The van der Waals surface area contributed by atoms with E-state index in [2.05, 4.69) is 212 Å². The normalized spacial score (nSPS) is 16.4. The lowest BCUT2D eigenvalue weighted by Crippen LogP contribution is -2.64. The van der Waals surface area contributed by atoms with Crippen LogP contribution in [0.3, 0.4) is 0 Å². The Labute approximate surface area is 349 Å². The maximum atomic E-state index is 2.80. The van der Waals surface area contributed by atoms with Crippen LogP contribution in [0.15, 0.2) is 90.6 Å². The molecule has 0 unspecified atom stereocenters. The summed E-state index contributed by atoms with van der Waals surface area (Å²) in [6.45, 7) is 40.3. The molecule has 0 bridgehead atoms. The Morgan fingerprint density at radius 2 is 0.983 bits per heavy atom. The molecular weight excluding hydrogens is 699 g/mol. The molecule has 0 N–H and O–H groups in total. The molecule has 6 aromatic rings. The van der Waals surface area contributed by atoms with Crippen LogP contribution in [0.2, 0.25) is 0 Å². The molecule has 1 aliphatic carbocycles. The van der Waals surface area contributed by atoms with Crippen LogP contribution in [0.5, 0.6) is 0 Å². The van der Waals surface area contributed by atoms with Gasteiger partial charge in [0.1, 0.15) is 0 Å². The van der Waals surface area contributed by atoms with Crippen LogP contribution in [0.25, 0.3) is 33.1 Å². The van der Waals surface area contributed by atoms with Crippen molar-refractivity contribution in [2.45, 2.75) is 150 Å². The third kappa shape index (κ3) is 5.58. The van der Waals surface area contributed by atoms with Crippen molar-refractivity contribution < 1.29 is 0 Å². The molecule has 0 atom stereocenters. The van der Waals surface area contributed by atoms with Crippen molar-refractivity contribution in [3.8, 4) is 5.69 Å². The summed E-state index contributed by atoms with van der Waals surface area (Å²) in [7, 11) is 0. The first kappa shape index (κ1) is 39.0. The average Bonchev–Trinajstić information content (AvgIpc) is 3.56. The second-order valence-corrected chi connectivity index (χ2v) is 23.7. The second-order valence-electron chi connectivity index (χ2n) is 23.7. The topological polar surface area (TPSA) is 8.17 Å². The van der Waals surface area contributed by atoms with Gasteiger partial charge in [0.2, 0.25) is 0 Å². The largest absolute Gasteiger partial charge is 0.379 e. The van der Waals surface area contributed by atoms with Crippen LogP contribution in [-0.2, 0) is 32.5 Å². The van der Waals surface area contributed by atoms with Crippen molar-refractivity contribution in [1.29, 1.82) is 0 Å². The van der Waals surface area contributed by atoms with Gasteiger partial charge < -0.3 is 9.38 Å². The predicted octanol–water partition coefficient (Wildman–Crippen LogP) is 13.3. The first-order valence-corrected chi connectivity index (χ1v) is 21.8. The average molecular weight is 765 g/mol. The number of hydrogen-bond acceptors (Lipinski definition) is 1. The monoisotopic (exact) mass is 765 g/mol. The summed E-state index contributed by atoms with van der Waals surface area (Å²) < 4.78 is 2.67. The summed E-state index contributed by atoms with van der Waals surface area (Å²) in [5.41, 5.74) is 21.8. The van der Waals surface area contributed by atoms with Crippen molar-refractivity contribution >= 4 is 50.8 Å². The minimum absolute atomic E-state index is 0.0161. The van der Waals surface area contributed by atoms with Gasteiger partial charge in [0.05, 0.1) is 11.0 Å². The number of rotatable bonds is 1. The van der Waals surface area contributed by atoms with Gasteiger partial charge in [0, 0.05) is 38.8 Å². The summed E-state index contributed by atoms with van der Waals surface area (Å²) in [6, 6.07) is 34.6. The van der Waals surface area contributed by atoms with Gasteiger partial charge in [-0.15, -0.1) is 0 Å². The maximum absolute atomic E-state index is 2.80. The van der Waals surface area contributed by atoms with Crippen LogP contribution in [0, 0.1) is 0 Å². The molecule has 298 valence electrons. The van der Waals surface area contributed by atoms with E-state index in [-0.39, 0.29) is 39.3 Å². The fourth-order valence-corrected chi connectivity index (χ4v) is 10.3. The summed E-state index contributed by atoms with van der Waals surface area (Å²) in [5.74, 6) is 0. The maximum Gasteiger partial charge on any atom is 0.332 e. The predicted molar refractivity (Wildman–Crippen MR) is 254 cm³/mol. The fraction of sp³-hybridized carbons (Fsp3) is 0.418. The molecule has 3 heterocycles. The van der Waals surface area contributed by atoms with E-state index in [1.165, 1.54) is 99.9 Å². The van der Waals surface area contributed by atoms with Gasteiger partial charge in [0.25, 0.3) is 0 Å².